The van der Waals surface area contributed by atoms with Crippen LogP contribution in [0.5, 0.6) is 0 Å². The second-order valence-electron chi connectivity index (χ2n) is 4.62. The third-order valence-electron chi connectivity index (χ3n) is 3.41. The zero-order valence-corrected chi connectivity index (χ0v) is 10.2. The van der Waals surface area contributed by atoms with Gasteiger partial charge in [-0.3, -0.25) is 0 Å². The van der Waals surface area contributed by atoms with Gasteiger partial charge in [-0.15, -0.1) is 0 Å². The fraction of sp³-hybridized carbons (Fsp3) is 1.00. The fourth-order valence-corrected chi connectivity index (χ4v) is 2.19. The van der Waals surface area contributed by atoms with Crippen molar-refractivity contribution in [1.82, 2.24) is 4.90 Å². The van der Waals surface area contributed by atoms with E-state index in [1.807, 2.05) is 13.8 Å². The summed E-state index contributed by atoms with van der Waals surface area (Å²) >= 11 is 0. The van der Waals surface area contributed by atoms with E-state index in [0.717, 1.165) is 19.3 Å². The van der Waals surface area contributed by atoms with Gasteiger partial charge in [-0.1, -0.05) is 13.8 Å². The Kier molecular flexibility index (Phi) is 4.39. The Balaban J connectivity index is 0.000000461. The molecule has 0 saturated carbocycles. The van der Waals surface area contributed by atoms with Crippen molar-refractivity contribution in [2.24, 2.45) is 5.41 Å². The van der Waals surface area contributed by atoms with Gasteiger partial charge in [0.25, 0.3) is 0 Å². The molecule has 0 N–H and O–H groups in total. The first kappa shape index (κ1) is 12.0. The molecule has 2 rings (SSSR count). The summed E-state index contributed by atoms with van der Waals surface area (Å²) in [5.74, 6) is 0. The summed E-state index contributed by atoms with van der Waals surface area (Å²) in [5, 5.41) is 0. The van der Waals surface area contributed by atoms with Crippen molar-refractivity contribution in [3.63, 3.8) is 0 Å². The van der Waals surface area contributed by atoms with Crippen LogP contribution in [0, 0.1) is 5.41 Å². The molecular weight excluding hydrogens is 174 g/mol. The number of likely N-dealkylation sites (tertiary alicyclic amines) is 1. The van der Waals surface area contributed by atoms with E-state index in [-0.39, 0.29) is 0 Å². The highest BCUT2D eigenvalue weighted by molar-refractivity contribution is 4.91. The average molecular weight is 199 g/mol. The van der Waals surface area contributed by atoms with Crippen molar-refractivity contribution in [1.29, 1.82) is 0 Å². The molecule has 0 unspecified atom stereocenters. The summed E-state index contributed by atoms with van der Waals surface area (Å²) in [6.07, 6.45) is 2.70. The van der Waals surface area contributed by atoms with Gasteiger partial charge in [-0.25, -0.2) is 0 Å². The zero-order valence-electron chi connectivity index (χ0n) is 10.2. The van der Waals surface area contributed by atoms with Gasteiger partial charge in [0.15, 0.2) is 0 Å². The van der Waals surface area contributed by atoms with Crippen molar-refractivity contribution < 1.29 is 4.74 Å². The van der Waals surface area contributed by atoms with E-state index in [1.54, 1.807) is 0 Å². The van der Waals surface area contributed by atoms with Gasteiger partial charge in [0, 0.05) is 11.5 Å². The second kappa shape index (κ2) is 5.13. The van der Waals surface area contributed by atoms with Crippen molar-refractivity contribution in [3.05, 3.63) is 0 Å². The summed E-state index contributed by atoms with van der Waals surface area (Å²) in [6.45, 7) is 13.2. The molecule has 2 saturated heterocycles. The van der Waals surface area contributed by atoms with Crippen LogP contribution in [0.15, 0.2) is 0 Å². The van der Waals surface area contributed by atoms with Crippen LogP contribution in [0.1, 0.15) is 40.5 Å². The minimum absolute atomic E-state index is 0.603. The predicted octanol–water partition coefficient (Wildman–Crippen LogP) is 2.53. The van der Waals surface area contributed by atoms with Gasteiger partial charge >= 0.3 is 0 Å². The highest BCUT2D eigenvalue weighted by atomic mass is 16.5. The lowest BCUT2D eigenvalue weighted by molar-refractivity contribution is -0.141. The van der Waals surface area contributed by atoms with Crippen LogP contribution in [0.25, 0.3) is 0 Å². The molecule has 0 bridgehead atoms. The maximum atomic E-state index is 5.29. The molecule has 2 heteroatoms. The molecule has 0 aromatic heterocycles. The number of nitrogens with zero attached hydrogens (tertiary/aromatic N) is 1. The largest absolute Gasteiger partial charge is 0.380 e. The Morgan fingerprint density at radius 3 is 1.86 bits per heavy atom. The van der Waals surface area contributed by atoms with E-state index >= 15 is 0 Å². The topological polar surface area (TPSA) is 12.5 Å². The minimum Gasteiger partial charge on any atom is -0.380 e. The Labute approximate surface area is 88.6 Å². The fourth-order valence-electron chi connectivity index (χ4n) is 2.19. The quantitative estimate of drug-likeness (QED) is 0.643. The molecule has 84 valence electrons. The maximum Gasteiger partial charge on any atom is 0.0545 e. The lowest BCUT2D eigenvalue weighted by atomic mass is 9.76. The molecule has 0 radical (unpaired) electrons. The summed E-state index contributed by atoms with van der Waals surface area (Å²) in [5.41, 5.74) is 0.603. The molecule has 2 aliphatic rings. The van der Waals surface area contributed by atoms with Crippen LogP contribution >= 0.6 is 0 Å². The smallest absolute Gasteiger partial charge is 0.0545 e. The van der Waals surface area contributed by atoms with Crippen LogP contribution in [-0.4, -0.2) is 37.2 Å². The van der Waals surface area contributed by atoms with Gasteiger partial charge in [0.1, 0.15) is 0 Å². The maximum absolute atomic E-state index is 5.29. The number of ether oxygens (including phenoxy) is 1. The van der Waals surface area contributed by atoms with E-state index in [2.05, 4.69) is 18.7 Å². The molecule has 0 atom stereocenters. The van der Waals surface area contributed by atoms with Crippen molar-refractivity contribution in [2.75, 3.05) is 26.3 Å². The third-order valence-corrected chi connectivity index (χ3v) is 3.41. The van der Waals surface area contributed by atoms with Crippen LogP contribution in [0.4, 0.5) is 0 Å². The average Bonchev–Trinajstić information content (AvgIpc) is 2.19. The molecule has 0 amide bonds. The lowest BCUT2D eigenvalue weighted by Crippen LogP contribution is -2.52. The molecule has 0 aliphatic carbocycles. The lowest BCUT2D eigenvalue weighted by Gasteiger charge is -2.48. The van der Waals surface area contributed by atoms with E-state index < -0.39 is 0 Å². The Bertz CT molecular complexity index is 154. The molecule has 2 nitrogen and oxygen atoms in total. The van der Waals surface area contributed by atoms with Crippen molar-refractivity contribution in [3.8, 4) is 0 Å². The summed E-state index contributed by atoms with van der Waals surface area (Å²) < 4.78 is 5.29. The van der Waals surface area contributed by atoms with Gasteiger partial charge in [0.2, 0.25) is 0 Å². The van der Waals surface area contributed by atoms with Crippen molar-refractivity contribution >= 4 is 0 Å². The molecule has 1 spiro atoms. The minimum atomic E-state index is 0.603. The van der Waals surface area contributed by atoms with Crippen molar-refractivity contribution in [2.45, 2.75) is 46.6 Å². The normalized spacial score (nSPS) is 25.5. The standard InChI is InChI=1S/C10H19NO.C2H6/c1-9(2)11-5-3-10(4-6-11)7-12-8-10;1-2/h9H,3-8H2,1-2H3;1-2H3. The van der Waals surface area contributed by atoms with Crippen LogP contribution in [-0.2, 0) is 4.74 Å². The Morgan fingerprint density at radius 2 is 1.57 bits per heavy atom. The second-order valence-corrected chi connectivity index (χ2v) is 4.62. The van der Waals surface area contributed by atoms with Crippen LogP contribution in [0.3, 0.4) is 0 Å². The number of piperidine rings is 1. The SMILES string of the molecule is CC.CC(C)N1CCC2(CC1)COC2. The number of hydrogen-bond acceptors (Lipinski definition) is 2. The van der Waals surface area contributed by atoms with E-state index in [9.17, 15) is 0 Å². The van der Waals surface area contributed by atoms with Gasteiger partial charge in [0.05, 0.1) is 13.2 Å². The molecule has 0 aromatic carbocycles. The monoisotopic (exact) mass is 199 g/mol. The molecule has 2 aliphatic heterocycles. The first-order valence-electron chi connectivity index (χ1n) is 6.04. The first-order chi connectivity index (χ1) is 6.72. The number of hydrogen-bond donors (Lipinski definition) is 0. The summed E-state index contributed by atoms with van der Waals surface area (Å²) in [6, 6.07) is 0.725. The molecule has 2 fully saturated rings. The van der Waals surface area contributed by atoms with Gasteiger partial charge in [-0.05, 0) is 39.8 Å². The predicted molar refractivity (Wildman–Crippen MR) is 60.5 cm³/mol. The highest BCUT2D eigenvalue weighted by Gasteiger charge is 2.41. The summed E-state index contributed by atoms with van der Waals surface area (Å²) in [7, 11) is 0. The molecular formula is C12H25NO. The Hall–Kier alpha value is -0.0800. The molecule has 0 aromatic rings. The van der Waals surface area contributed by atoms with Gasteiger partial charge in [-0.2, -0.15) is 0 Å². The summed E-state index contributed by atoms with van der Waals surface area (Å²) in [4.78, 5) is 2.57. The first-order valence-corrected chi connectivity index (χ1v) is 6.04. The third kappa shape index (κ3) is 2.48. The van der Waals surface area contributed by atoms with Crippen LogP contribution < -0.4 is 0 Å². The molecule has 14 heavy (non-hydrogen) atoms. The van der Waals surface area contributed by atoms with E-state index in [1.165, 1.54) is 25.9 Å². The van der Waals surface area contributed by atoms with E-state index in [0.29, 0.717) is 5.41 Å². The Morgan fingerprint density at radius 1 is 1.07 bits per heavy atom. The van der Waals surface area contributed by atoms with Gasteiger partial charge < -0.3 is 9.64 Å². The highest BCUT2D eigenvalue weighted by Crippen LogP contribution is 2.38. The van der Waals surface area contributed by atoms with E-state index in [4.69, 9.17) is 4.74 Å². The van der Waals surface area contributed by atoms with Crippen LogP contribution in [0.2, 0.25) is 0 Å². The zero-order chi connectivity index (χ0) is 10.6. The molecule has 2 heterocycles. The number of rotatable bonds is 1.